The summed E-state index contributed by atoms with van der Waals surface area (Å²) >= 11 is 0. The van der Waals surface area contributed by atoms with Crippen molar-refractivity contribution in [2.75, 3.05) is 24.5 Å². The summed E-state index contributed by atoms with van der Waals surface area (Å²) in [4.78, 5) is 49.8. The van der Waals surface area contributed by atoms with Crippen LogP contribution in [0.5, 0.6) is 0 Å². The number of amides is 1. The fraction of sp³-hybridized carbons (Fsp3) is 0.346. The van der Waals surface area contributed by atoms with Crippen molar-refractivity contribution >= 4 is 17.8 Å². The summed E-state index contributed by atoms with van der Waals surface area (Å²) < 4.78 is 1.63. The molecule has 1 fully saturated rings. The molecule has 1 atom stereocenters. The zero-order chi connectivity index (χ0) is 24.4. The van der Waals surface area contributed by atoms with Gasteiger partial charge in [0.15, 0.2) is 5.78 Å². The number of likely N-dealkylation sites (tertiary alicyclic amines) is 1. The van der Waals surface area contributed by atoms with E-state index in [2.05, 4.69) is 4.98 Å². The average Bonchev–Trinajstić information content (AvgIpc) is 2.90. The Bertz CT molecular complexity index is 1270. The maximum atomic E-state index is 13.3. The number of hydrogen-bond acceptors (Lipinski definition) is 7. The van der Waals surface area contributed by atoms with Crippen molar-refractivity contribution in [3.8, 4) is 11.3 Å². The minimum atomic E-state index is -1.15. The van der Waals surface area contributed by atoms with Gasteiger partial charge < -0.3 is 19.7 Å². The molecule has 0 radical (unpaired) electrons. The molecule has 9 heteroatoms. The molecule has 1 unspecified atom stereocenters. The Morgan fingerprint density at radius 1 is 0.971 bits per heavy atom. The molecule has 0 aliphatic carbocycles. The van der Waals surface area contributed by atoms with Crippen molar-refractivity contribution in [3.05, 3.63) is 76.8 Å². The summed E-state index contributed by atoms with van der Waals surface area (Å²) in [7, 11) is 0. The standard InChI is InChI=1S/C26H27N5O4/c32-23(20-4-2-1-3-5-20)17-31-22(19-8-13-29(14-9-19)26(34)35)10-15-30-24(33)16-21(28-25(30)31)18-6-11-27-12-7-18/h1-7,11-12,16,19,22H,8-10,13-15,17H2,(H,34,35)/p-1. The number of aromatic nitrogens is 3. The SMILES string of the molecule is O=C(CN1c2nc(-c3ccncc3)cc(=O)n2CCC1C1CCN(C(=O)[O-])CC1)c1ccccc1. The van der Waals surface area contributed by atoms with Gasteiger partial charge >= 0.3 is 0 Å². The first-order chi connectivity index (χ1) is 17.0. The second-order valence-electron chi connectivity index (χ2n) is 9.03. The molecule has 1 amide bonds. The number of Topliss-reactive ketones (excluding diaryl/α,β-unsaturated/α-hetero) is 1. The molecule has 1 saturated heterocycles. The summed E-state index contributed by atoms with van der Waals surface area (Å²) in [5.41, 5.74) is 1.75. The lowest BCUT2D eigenvalue weighted by atomic mass is 9.85. The van der Waals surface area contributed by atoms with E-state index in [1.54, 1.807) is 41.2 Å². The Labute approximate surface area is 202 Å². The molecular weight excluding hydrogens is 446 g/mol. The predicted octanol–water partition coefficient (Wildman–Crippen LogP) is 1.82. The molecule has 0 N–H and O–H groups in total. The van der Waals surface area contributed by atoms with E-state index in [0.717, 1.165) is 5.56 Å². The number of ketones is 1. The third kappa shape index (κ3) is 4.66. The van der Waals surface area contributed by atoms with Gasteiger partial charge in [0, 0.05) is 55.3 Å². The van der Waals surface area contributed by atoms with E-state index in [9.17, 15) is 19.5 Å². The Kier molecular flexibility index (Phi) is 6.31. The number of fused-ring (bicyclic) bond motifs is 1. The number of hydrogen-bond donors (Lipinski definition) is 0. The van der Waals surface area contributed by atoms with Crippen LogP contribution >= 0.6 is 0 Å². The molecule has 0 bridgehead atoms. The van der Waals surface area contributed by atoms with Gasteiger partial charge in [0.1, 0.15) is 6.09 Å². The van der Waals surface area contributed by atoms with Gasteiger partial charge in [0.25, 0.3) is 5.56 Å². The van der Waals surface area contributed by atoms with Crippen LogP contribution in [-0.2, 0) is 6.54 Å². The lowest BCUT2D eigenvalue weighted by Crippen LogP contribution is -2.54. The van der Waals surface area contributed by atoms with Crippen LogP contribution in [-0.4, -0.2) is 57.0 Å². The molecule has 5 rings (SSSR count). The normalized spacial score (nSPS) is 18.2. The van der Waals surface area contributed by atoms with Gasteiger partial charge in [-0.3, -0.25) is 19.1 Å². The maximum Gasteiger partial charge on any atom is 0.255 e. The Morgan fingerprint density at radius 2 is 1.69 bits per heavy atom. The number of carbonyl (C=O) groups excluding carboxylic acids is 2. The summed E-state index contributed by atoms with van der Waals surface area (Å²) in [6, 6.07) is 14.2. The first-order valence-corrected chi connectivity index (χ1v) is 11.8. The summed E-state index contributed by atoms with van der Waals surface area (Å²) in [6.07, 6.45) is 4.17. The molecule has 3 aromatic rings. The largest absolute Gasteiger partial charge is 0.530 e. The topological polar surface area (TPSA) is 111 Å². The number of carboxylic acid groups (broad SMARTS) is 1. The van der Waals surface area contributed by atoms with Crippen molar-refractivity contribution in [2.24, 2.45) is 5.92 Å². The lowest BCUT2D eigenvalue weighted by molar-refractivity contribution is -0.266. The molecule has 0 spiro atoms. The van der Waals surface area contributed by atoms with Crippen molar-refractivity contribution in [3.63, 3.8) is 0 Å². The number of nitrogens with zero attached hydrogens (tertiary/aromatic N) is 5. The van der Waals surface area contributed by atoms with Crippen LogP contribution in [0.25, 0.3) is 11.3 Å². The van der Waals surface area contributed by atoms with Crippen molar-refractivity contribution in [2.45, 2.75) is 31.8 Å². The van der Waals surface area contributed by atoms with E-state index in [4.69, 9.17) is 4.98 Å². The van der Waals surface area contributed by atoms with E-state index < -0.39 is 6.09 Å². The van der Waals surface area contributed by atoms with Gasteiger partial charge in [0.05, 0.1) is 12.2 Å². The summed E-state index contributed by atoms with van der Waals surface area (Å²) in [6.45, 7) is 1.39. The molecule has 9 nitrogen and oxygen atoms in total. The first-order valence-electron chi connectivity index (χ1n) is 11.8. The molecule has 0 saturated carbocycles. The molecule has 2 aliphatic heterocycles. The van der Waals surface area contributed by atoms with Crippen LogP contribution in [0, 0.1) is 5.92 Å². The number of rotatable bonds is 5. The van der Waals surface area contributed by atoms with E-state index in [1.807, 2.05) is 23.1 Å². The number of benzene rings is 1. The summed E-state index contributed by atoms with van der Waals surface area (Å²) in [5.74, 6) is 0.594. The van der Waals surface area contributed by atoms with Gasteiger partial charge in [-0.15, -0.1) is 0 Å². The number of pyridine rings is 1. The number of carbonyl (C=O) groups is 2. The van der Waals surface area contributed by atoms with Crippen molar-refractivity contribution in [1.29, 1.82) is 0 Å². The monoisotopic (exact) mass is 472 g/mol. The zero-order valence-electron chi connectivity index (χ0n) is 19.2. The van der Waals surface area contributed by atoms with Crippen molar-refractivity contribution in [1.82, 2.24) is 19.4 Å². The fourth-order valence-corrected chi connectivity index (χ4v) is 5.17. The first kappa shape index (κ1) is 22.8. The minimum absolute atomic E-state index is 0.0360. The van der Waals surface area contributed by atoms with Gasteiger partial charge in [-0.1, -0.05) is 30.3 Å². The molecule has 35 heavy (non-hydrogen) atoms. The van der Waals surface area contributed by atoms with Crippen LogP contribution in [0.15, 0.2) is 65.7 Å². The van der Waals surface area contributed by atoms with Crippen molar-refractivity contribution < 1.29 is 14.7 Å². The van der Waals surface area contributed by atoms with Crippen LogP contribution < -0.4 is 15.6 Å². The highest BCUT2D eigenvalue weighted by atomic mass is 16.4. The quantitative estimate of drug-likeness (QED) is 0.521. The van der Waals surface area contributed by atoms with E-state index >= 15 is 0 Å². The zero-order valence-corrected chi connectivity index (χ0v) is 19.2. The highest BCUT2D eigenvalue weighted by molar-refractivity contribution is 5.99. The van der Waals surface area contributed by atoms with Crippen LogP contribution in [0.2, 0.25) is 0 Å². The molecule has 2 aliphatic rings. The second kappa shape index (κ2) is 9.69. The van der Waals surface area contributed by atoms with E-state index in [-0.39, 0.29) is 29.8 Å². The average molecular weight is 473 g/mol. The third-order valence-electron chi connectivity index (χ3n) is 7.02. The molecule has 2 aromatic heterocycles. The van der Waals surface area contributed by atoms with Gasteiger partial charge in [-0.05, 0) is 37.3 Å². The Morgan fingerprint density at radius 3 is 2.37 bits per heavy atom. The Balaban J connectivity index is 1.52. The highest BCUT2D eigenvalue weighted by Gasteiger charge is 2.37. The molecular formula is C26H26N5O4-. The lowest BCUT2D eigenvalue weighted by Gasteiger charge is -2.45. The molecule has 4 heterocycles. The molecule has 1 aromatic carbocycles. The van der Waals surface area contributed by atoms with Gasteiger partial charge in [-0.25, -0.2) is 4.98 Å². The second-order valence-corrected chi connectivity index (χ2v) is 9.03. The third-order valence-corrected chi connectivity index (χ3v) is 7.02. The molecule has 180 valence electrons. The number of piperidine rings is 1. The Hall–Kier alpha value is -4.01. The summed E-state index contributed by atoms with van der Waals surface area (Å²) in [5, 5.41) is 11.3. The van der Waals surface area contributed by atoms with Crippen LogP contribution in [0.1, 0.15) is 29.6 Å². The van der Waals surface area contributed by atoms with E-state index in [0.29, 0.717) is 56.1 Å². The predicted molar refractivity (Wildman–Crippen MR) is 128 cm³/mol. The van der Waals surface area contributed by atoms with Gasteiger partial charge in [-0.2, -0.15) is 0 Å². The highest BCUT2D eigenvalue weighted by Crippen LogP contribution is 2.33. The minimum Gasteiger partial charge on any atom is -0.530 e. The van der Waals surface area contributed by atoms with Crippen LogP contribution in [0.3, 0.4) is 0 Å². The fourth-order valence-electron chi connectivity index (χ4n) is 5.17. The van der Waals surface area contributed by atoms with Gasteiger partial charge in [0.2, 0.25) is 5.95 Å². The van der Waals surface area contributed by atoms with E-state index in [1.165, 1.54) is 11.0 Å². The van der Waals surface area contributed by atoms with Crippen LogP contribution in [0.4, 0.5) is 10.7 Å². The maximum absolute atomic E-state index is 13.3. The smallest absolute Gasteiger partial charge is 0.255 e. The number of anilines is 1.